The van der Waals surface area contributed by atoms with Crippen LogP contribution in [-0.2, 0) is 11.3 Å². The summed E-state index contributed by atoms with van der Waals surface area (Å²) in [7, 11) is 1.59. The van der Waals surface area contributed by atoms with Crippen LogP contribution in [0, 0.1) is 0 Å². The molecule has 2 aromatic carbocycles. The van der Waals surface area contributed by atoms with Crippen LogP contribution in [0.5, 0.6) is 5.75 Å². The van der Waals surface area contributed by atoms with Crippen molar-refractivity contribution < 1.29 is 9.53 Å². The van der Waals surface area contributed by atoms with Crippen LogP contribution in [0.15, 0.2) is 53.7 Å². The average molecular weight is 417 g/mol. The third-order valence-electron chi connectivity index (χ3n) is 4.16. The first-order valence-electron chi connectivity index (χ1n) is 8.81. The molecule has 1 amide bonds. The maximum Gasteiger partial charge on any atom is 0.233 e. The number of ether oxygens (including phenoxy) is 1. The van der Waals surface area contributed by atoms with Gasteiger partial charge in [-0.2, -0.15) is 0 Å². The number of amides is 1. The van der Waals surface area contributed by atoms with Gasteiger partial charge in [-0.15, -0.1) is 5.10 Å². The normalized spacial score (nSPS) is 10.7. The van der Waals surface area contributed by atoms with Crippen LogP contribution in [0.25, 0.3) is 11.4 Å². The molecule has 0 atom stereocenters. The minimum absolute atomic E-state index is 0.0445. The number of aromatic amines is 1. The van der Waals surface area contributed by atoms with Crippen molar-refractivity contribution in [3.8, 4) is 17.1 Å². The average Bonchev–Trinajstić information content (AvgIpc) is 3.20. The van der Waals surface area contributed by atoms with E-state index >= 15 is 0 Å². The molecule has 28 heavy (non-hydrogen) atoms. The van der Waals surface area contributed by atoms with E-state index < -0.39 is 0 Å². The summed E-state index contributed by atoms with van der Waals surface area (Å²) in [6, 6.07) is 15.2. The molecule has 0 aliphatic rings. The molecule has 0 aliphatic carbocycles. The van der Waals surface area contributed by atoms with Gasteiger partial charge in [0, 0.05) is 18.1 Å². The van der Waals surface area contributed by atoms with Gasteiger partial charge >= 0.3 is 0 Å². The molecule has 0 bridgehead atoms. The van der Waals surface area contributed by atoms with E-state index in [-0.39, 0.29) is 11.7 Å². The molecule has 0 spiro atoms. The highest BCUT2D eigenvalue weighted by Crippen LogP contribution is 2.31. The number of carbonyl (C=O) groups is 1. The first-order valence-corrected chi connectivity index (χ1v) is 10.2. The number of halogens is 1. The number of nitrogens with one attached hydrogen (secondary N) is 1. The van der Waals surface area contributed by atoms with E-state index in [1.807, 2.05) is 42.2 Å². The Morgan fingerprint density at radius 3 is 2.75 bits per heavy atom. The lowest BCUT2D eigenvalue weighted by Crippen LogP contribution is -2.31. The number of aromatic nitrogens is 3. The van der Waals surface area contributed by atoms with Gasteiger partial charge in [0.15, 0.2) is 5.82 Å². The molecule has 8 heteroatoms. The fourth-order valence-corrected chi connectivity index (χ4v) is 3.57. The maximum atomic E-state index is 12.6. The minimum Gasteiger partial charge on any atom is -0.496 e. The van der Waals surface area contributed by atoms with E-state index in [0.29, 0.717) is 34.8 Å². The summed E-state index contributed by atoms with van der Waals surface area (Å²) in [4.78, 5) is 18.8. The lowest BCUT2D eigenvalue weighted by molar-refractivity contribution is -0.128. The first kappa shape index (κ1) is 20.2. The Kier molecular flexibility index (Phi) is 6.95. The number of hydrogen-bond acceptors (Lipinski definition) is 5. The summed E-state index contributed by atoms with van der Waals surface area (Å²) in [6.07, 6.45) is 0. The Hall–Kier alpha value is -2.51. The summed E-state index contributed by atoms with van der Waals surface area (Å²) in [5.74, 6) is 1.51. The zero-order valence-corrected chi connectivity index (χ0v) is 17.3. The number of nitrogens with zero attached hydrogens (tertiary/aromatic N) is 3. The van der Waals surface area contributed by atoms with Crippen molar-refractivity contribution in [3.05, 3.63) is 59.1 Å². The van der Waals surface area contributed by atoms with Crippen molar-refractivity contribution in [3.63, 3.8) is 0 Å². The summed E-state index contributed by atoms with van der Waals surface area (Å²) >= 11 is 7.37. The molecular formula is C20H21ClN4O2S. The molecule has 3 aromatic rings. The second kappa shape index (κ2) is 9.61. The van der Waals surface area contributed by atoms with E-state index in [1.54, 1.807) is 25.3 Å². The molecular weight excluding hydrogens is 396 g/mol. The van der Waals surface area contributed by atoms with Gasteiger partial charge in [-0.25, -0.2) is 4.98 Å². The van der Waals surface area contributed by atoms with Gasteiger partial charge < -0.3 is 9.64 Å². The molecule has 1 heterocycles. The van der Waals surface area contributed by atoms with Gasteiger partial charge in [0.2, 0.25) is 11.1 Å². The second-order valence-electron chi connectivity index (χ2n) is 5.99. The first-order chi connectivity index (χ1) is 13.6. The van der Waals surface area contributed by atoms with Gasteiger partial charge in [-0.05, 0) is 30.7 Å². The molecule has 0 saturated heterocycles. The third-order valence-corrected chi connectivity index (χ3v) is 5.22. The van der Waals surface area contributed by atoms with Crippen LogP contribution in [-0.4, -0.2) is 45.4 Å². The van der Waals surface area contributed by atoms with Crippen molar-refractivity contribution in [2.45, 2.75) is 18.6 Å². The largest absolute Gasteiger partial charge is 0.496 e. The third kappa shape index (κ3) is 5.05. The van der Waals surface area contributed by atoms with Crippen LogP contribution in [0.1, 0.15) is 12.5 Å². The molecule has 0 fully saturated rings. The highest BCUT2D eigenvalue weighted by Gasteiger charge is 2.16. The van der Waals surface area contributed by atoms with Crippen LogP contribution in [0.2, 0.25) is 5.02 Å². The van der Waals surface area contributed by atoms with Gasteiger partial charge in [0.1, 0.15) is 5.75 Å². The zero-order chi connectivity index (χ0) is 19.9. The Morgan fingerprint density at radius 2 is 2.04 bits per heavy atom. The summed E-state index contributed by atoms with van der Waals surface area (Å²) in [5.41, 5.74) is 1.83. The second-order valence-corrected chi connectivity index (χ2v) is 7.37. The smallest absolute Gasteiger partial charge is 0.233 e. The molecule has 0 saturated carbocycles. The Labute approximate surface area is 173 Å². The number of thioether (sulfide) groups is 1. The van der Waals surface area contributed by atoms with Crippen LogP contribution in [0.3, 0.4) is 0 Å². The molecule has 0 radical (unpaired) electrons. The van der Waals surface area contributed by atoms with Crippen molar-refractivity contribution in [2.75, 3.05) is 19.4 Å². The predicted molar refractivity (Wildman–Crippen MR) is 112 cm³/mol. The van der Waals surface area contributed by atoms with E-state index in [4.69, 9.17) is 16.3 Å². The SMILES string of the molecule is CCN(Cc1ccccc1)C(=O)CSc1n[nH]c(-c2cc(Cl)ccc2OC)n1. The number of rotatable bonds is 8. The standard InChI is InChI=1S/C20H21ClN4O2S/c1-3-25(12-14-7-5-4-6-8-14)18(26)13-28-20-22-19(23-24-20)16-11-15(21)9-10-17(16)27-2/h4-11H,3,12-13H2,1-2H3,(H,22,23,24). The van der Waals surface area contributed by atoms with Crippen molar-refractivity contribution in [2.24, 2.45) is 0 Å². The van der Waals surface area contributed by atoms with Crippen LogP contribution < -0.4 is 4.74 Å². The molecule has 1 N–H and O–H groups in total. The number of hydrogen-bond donors (Lipinski definition) is 1. The van der Waals surface area contributed by atoms with E-state index in [2.05, 4.69) is 15.2 Å². The number of benzene rings is 2. The van der Waals surface area contributed by atoms with Crippen molar-refractivity contribution in [1.29, 1.82) is 0 Å². The molecule has 3 rings (SSSR count). The van der Waals surface area contributed by atoms with Gasteiger partial charge in [0.05, 0.1) is 18.4 Å². The highest BCUT2D eigenvalue weighted by molar-refractivity contribution is 7.99. The topological polar surface area (TPSA) is 71.1 Å². The Bertz CT molecular complexity index is 933. The number of carbonyl (C=O) groups excluding carboxylic acids is 1. The summed E-state index contributed by atoms with van der Waals surface area (Å²) < 4.78 is 5.35. The Balaban J connectivity index is 1.64. The fraction of sp³-hybridized carbons (Fsp3) is 0.250. The monoisotopic (exact) mass is 416 g/mol. The Morgan fingerprint density at radius 1 is 1.25 bits per heavy atom. The van der Waals surface area contributed by atoms with E-state index in [9.17, 15) is 4.79 Å². The molecule has 146 valence electrons. The van der Waals surface area contributed by atoms with E-state index in [0.717, 1.165) is 11.1 Å². The van der Waals surface area contributed by atoms with Crippen molar-refractivity contribution >= 4 is 29.3 Å². The van der Waals surface area contributed by atoms with Crippen LogP contribution >= 0.6 is 23.4 Å². The molecule has 6 nitrogen and oxygen atoms in total. The van der Waals surface area contributed by atoms with Gasteiger partial charge in [0.25, 0.3) is 0 Å². The number of methoxy groups -OCH3 is 1. The maximum absolute atomic E-state index is 12.6. The fourth-order valence-electron chi connectivity index (χ4n) is 2.69. The lowest BCUT2D eigenvalue weighted by Gasteiger charge is -2.20. The summed E-state index contributed by atoms with van der Waals surface area (Å²) in [6.45, 7) is 3.21. The molecule has 0 unspecified atom stereocenters. The van der Waals surface area contributed by atoms with Crippen molar-refractivity contribution in [1.82, 2.24) is 20.1 Å². The minimum atomic E-state index is 0.0445. The predicted octanol–water partition coefficient (Wildman–Crippen LogP) is 4.27. The zero-order valence-electron chi connectivity index (χ0n) is 15.7. The van der Waals surface area contributed by atoms with Crippen LogP contribution in [0.4, 0.5) is 0 Å². The van der Waals surface area contributed by atoms with Gasteiger partial charge in [-0.3, -0.25) is 9.89 Å². The quantitative estimate of drug-likeness (QED) is 0.555. The van der Waals surface area contributed by atoms with E-state index in [1.165, 1.54) is 11.8 Å². The number of H-pyrrole nitrogens is 1. The summed E-state index contributed by atoms with van der Waals surface area (Å²) in [5, 5.41) is 8.16. The van der Waals surface area contributed by atoms with Gasteiger partial charge in [-0.1, -0.05) is 53.7 Å². The molecule has 0 aliphatic heterocycles. The lowest BCUT2D eigenvalue weighted by atomic mass is 10.2. The molecule has 1 aromatic heterocycles. The highest BCUT2D eigenvalue weighted by atomic mass is 35.5.